The topological polar surface area (TPSA) is 0 Å². The maximum absolute atomic E-state index is 2.34. The summed E-state index contributed by atoms with van der Waals surface area (Å²) in [6.07, 6.45) is 9.94. The first-order valence-electron chi connectivity index (χ1n) is 5.88. The summed E-state index contributed by atoms with van der Waals surface area (Å²) in [4.78, 5) is 0. The maximum Gasteiger partial charge on any atom is -0.0203 e. The van der Waals surface area contributed by atoms with Gasteiger partial charge in [0.05, 0.1) is 0 Å². The van der Waals surface area contributed by atoms with Crippen molar-refractivity contribution in [3.05, 3.63) is 12.2 Å². The van der Waals surface area contributed by atoms with Gasteiger partial charge in [0, 0.05) is 0 Å². The molecule has 0 saturated carbocycles. The fraction of sp³-hybridized carbons (Fsp3) is 0.857. The van der Waals surface area contributed by atoms with Crippen LogP contribution in [0, 0.1) is 10.8 Å². The molecule has 0 amide bonds. The molecule has 0 aliphatic carbocycles. The molecule has 0 heterocycles. The van der Waals surface area contributed by atoms with Crippen molar-refractivity contribution in [2.24, 2.45) is 10.8 Å². The molecule has 0 spiro atoms. The quantitative estimate of drug-likeness (QED) is 0.428. The molecule has 0 aliphatic heterocycles. The van der Waals surface area contributed by atoms with Crippen LogP contribution in [-0.4, -0.2) is 0 Å². The molecule has 0 nitrogen and oxygen atoms in total. The lowest BCUT2D eigenvalue weighted by atomic mass is 9.89. The first kappa shape index (κ1) is 13.7. The second kappa shape index (κ2) is 5.58. The van der Waals surface area contributed by atoms with Crippen molar-refractivity contribution in [3.8, 4) is 0 Å². The average Bonchev–Trinajstić information content (AvgIpc) is 1.92. The van der Waals surface area contributed by atoms with E-state index in [9.17, 15) is 0 Å². The Labute approximate surface area is 90.8 Å². The van der Waals surface area contributed by atoms with Gasteiger partial charge in [-0.2, -0.15) is 0 Å². The highest BCUT2D eigenvalue weighted by molar-refractivity contribution is 4.91. The third kappa shape index (κ3) is 11.7. The van der Waals surface area contributed by atoms with E-state index < -0.39 is 0 Å². The summed E-state index contributed by atoms with van der Waals surface area (Å²) in [6.45, 7) is 13.7. The summed E-state index contributed by atoms with van der Waals surface area (Å²) in [5.74, 6) is 0. The number of rotatable bonds is 4. The normalized spacial score (nSPS) is 13.9. The van der Waals surface area contributed by atoms with Gasteiger partial charge in [-0.3, -0.25) is 0 Å². The lowest BCUT2D eigenvalue weighted by molar-refractivity contribution is 0.361. The van der Waals surface area contributed by atoms with Crippen LogP contribution in [0.15, 0.2) is 12.2 Å². The first-order valence-corrected chi connectivity index (χ1v) is 5.88. The van der Waals surface area contributed by atoms with Gasteiger partial charge in [-0.05, 0) is 30.1 Å². The summed E-state index contributed by atoms with van der Waals surface area (Å²) in [7, 11) is 0. The number of hydrogen-bond acceptors (Lipinski definition) is 0. The lowest BCUT2D eigenvalue weighted by Gasteiger charge is -2.17. The van der Waals surface area contributed by atoms with Crippen molar-refractivity contribution in [2.75, 3.05) is 0 Å². The molecule has 0 aromatic rings. The summed E-state index contributed by atoms with van der Waals surface area (Å²) in [5.41, 5.74) is 0.859. The molecule has 0 aromatic heterocycles. The molecule has 0 fully saturated rings. The van der Waals surface area contributed by atoms with Gasteiger partial charge >= 0.3 is 0 Å². The Kier molecular flexibility index (Phi) is 5.48. The van der Waals surface area contributed by atoms with Gasteiger partial charge in [-0.15, -0.1) is 0 Å². The summed E-state index contributed by atoms with van der Waals surface area (Å²) in [6, 6.07) is 0. The van der Waals surface area contributed by atoms with Crippen LogP contribution in [0.2, 0.25) is 0 Å². The van der Waals surface area contributed by atoms with Crippen molar-refractivity contribution < 1.29 is 0 Å². The van der Waals surface area contributed by atoms with E-state index in [1.165, 1.54) is 25.7 Å². The van der Waals surface area contributed by atoms with Gasteiger partial charge in [0.25, 0.3) is 0 Å². The summed E-state index contributed by atoms with van der Waals surface area (Å²) >= 11 is 0. The molecule has 0 heteroatoms. The number of hydrogen-bond donors (Lipinski definition) is 0. The minimum Gasteiger partial charge on any atom is -0.0880 e. The molecule has 0 unspecified atom stereocenters. The van der Waals surface area contributed by atoms with E-state index in [1.54, 1.807) is 0 Å². The first-order chi connectivity index (χ1) is 6.21. The third-order valence-electron chi connectivity index (χ3n) is 2.17. The van der Waals surface area contributed by atoms with E-state index in [2.05, 4.69) is 53.7 Å². The van der Waals surface area contributed by atoms with Crippen molar-refractivity contribution in [2.45, 2.75) is 67.2 Å². The monoisotopic (exact) mass is 196 g/mol. The second-order valence-corrected chi connectivity index (χ2v) is 6.57. The smallest absolute Gasteiger partial charge is 0.0203 e. The van der Waals surface area contributed by atoms with Gasteiger partial charge < -0.3 is 0 Å². The summed E-state index contributed by atoms with van der Waals surface area (Å²) in [5, 5.41) is 0. The number of unbranched alkanes of at least 4 members (excludes halogenated alkanes) is 2. The molecule has 0 aromatic carbocycles. The molecular weight excluding hydrogens is 168 g/mol. The molecule has 14 heavy (non-hydrogen) atoms. The molecule has 0 rings (SSSR count). The molecule has 0 saturated heterocycles. The Morgan fingerprint density at radius 3 is 1.86 bits per heavy atom. The SMILES string of the molecule is CC(C)(C)/C=C\CCCCC(C)(C)C. The highest BCUT2D eigenvalue weighted by Crippen LogP contribution is 2.22. The van der Waals surface area contributed by atoms with Gasteiger partial charge in [0.15, 0.2) is 0 Å². The van der Waals surface area contributed by atoms with Crippen molar-refractivity contribution in [3.63, 3.8) is 0 Å². The molecular formula is C14H28. The van der Waals surface area contributed by atoms with Crippen LogP contribution in [0.5, 0.6) is 0 Å². The van der Waals surface area contributed by atoms with E-state index in [1.807, 2.05) is 0 Å². The number of allylic oxidation sites excluding steroid dienone is 2. The van der Waals surface area contributed by atoms with Gasteiger partial charge in [0.1, 0.15) is 0 Å². The minimum atomic E-state index is 0.351. The van der Waals surface area contributed by atoms with Crippen molar-refractivity contribution in [1.29, 1.82) is 0 Å². The minimum absolute atomic E-state index is 0.351. The van der Waals surface area contributed by atoms with E-state index in [0.29, 0.717) is 10.8 Å². The van der Waals surface area contributed by atoms with Crippen molar-refractivity contribution >= 4 is 0 Å². The molecule has 0 N–H and O–H groups in total. The van der Waals surface area contributed by atoms with Crippen LogP contribution in [0.3, 0.4) is 0 Å². The Balaban J connectivity index is 3.44. The Bertz CT molecular complexity index is 161. The van der Waals surface area contributed by atoms with Crippen LogP contribution < -0.4 is 0 Å². The highest BCUT2D eigenvalue weighted by atomic mass is 14.1. The third-order valence-corrected chi connectivity index (χ3v) is 2.17. The van der Waals surface area contributed by atoms with Crippen LogP contribution >= 0.6 is 0 Å². The Morgan fingerprint density at radius 2 is 1.43 bits per heavy atom. The van der Waals surface area contributed by atoms with E-state index in [-0.39, 0.29) is 0 Å². The Hall–Kier alpha value is -0.260. The highest BCUT2D eigenvalue weighted by Gasteiger charge is 2.08. The zero-order valence-electron chi connectivity index (χ0n) is 11.0. The molecule has 0 aliphatic rings. The fourth-order valence-corrected chi connectivity index (χ4v) is 1.35. The van der Waals surface area contributed by atoms with Crippen LogP contribution in [-0.2, 0) is 0 Å². The van der Waals surface area contributed by atoms with Gasteiger partial charge in [-0.25, -0.2) is 0 Å². The maximum atomic E-state index is 2.34. The van der Waals surface area contributed by atoms with Crippen LogP contribution in [0.1, 0.15) is 67.2 Å². The van der Waals surface area contributed by atoms with Gasteiger partial charge in [0.2, 0.25) is 0 Å². The molecule has 0 radical (unpaired) electrons. The van der Waals surface area contributed by atoms with Crippen LogP contribution in [0.4, 0.5) is 0 Å². The lowest BCUT2D eigenvalue weighted by Crippen LogP contribution is -2.03. The Morgan fingerprint density at radius 1 is 0.857 bits per heavy atom. The van der Waals surface area contributed by atoms with E-state index >= 15 is 0 Å². The van der Waals surface area contributed by atoms with E-state index in [4.69, 9.17) is 0 Å². The largest absolute Gasteiger partial charge is 0.0880 e. The average molecular weight is 196 g/mol. The second-order valence-electron chi connectivity index (χ2n) is 6.57. The summed E-state index contributed by atoms with van der Waals surface area (Å²) < 4.78 is 0. The molecule has 0 atom stereocenters. The van der Waals surface area contributed by atoms with Gasteiger partial charge in [-0.1, -0.05) is 60.1 Å². The predicted molar refractivity (Wildman–Crippen MR) is 66.5 cm³/mol. The zero-order chi connectivity index (χ0) is 11.2. The van der Waals surface area contributed by atoms with Crippen LogP contribution in [0.25, 0.3) is 0 Å². The molecule has 84 valence electrons. The zero-order valence-corrected chi connectivity index (χ0v) is 11.0. The van der Waals surface area contributed by atoms with Crippen molar-refractivity contribution in [1.82, 2.24) is 0 Å². The molecule has 0 bridgehead atoms. The predicted octanol–water partition coefficient (Wildman–Crippen LogP) is 5.20. The fourth-order valence-electron chi connectivity index (χ4n) is 1.35. The standard InChI is InChI=1S/C14H28/c1-13(2,3)11-9-7-8-10-12-14(4,5)6/h9,11H,7-8,10,12H2,1-6H3/b11-9-. The van der Waals surface area contributed by atoms with E-state index in [0.717, 1.165) is 0 Å².